The maximum atomic E-state index is 5.38. The first kappa shape index (κ1) is 11.7. The number of fused-ring (bicyclic) bond motifs is 1. The zero-order valence-electron chi connectivity index (χ0n) is 9.36. The summed E-state index contributed by atoms with van der Waals surface area (Å²) in [5, 5.41) is 0. The van der Waals surface area contributed by atoms with E-state index in [-0.39, 0.29) is 0 Å². The summed E-state index contributed by atoms with van der Waals surface area (Å²) in [5.41, 5.74) is 1.96. The topological polar surface area (TPSA) is 33.6 Å². The highest BCUT2D eigenvalue weighted by Gasteiger charge is 2.42. The smallest absolute Gasteiger partial charge is 0.179 e. The molecule has 0 atom stereocenters. The Kier molecular flexibility index (Phi) is 2.83. The number of nitrogens with zero attached hydrogens (tertiary/aromatic N) is 2. The summed E-state index contributed by atoms with van der Waals surface area (Å²) >= 11 is 10.7. The third kappa shape index (κ3) is 2.06. The van der Waals surface area contributed by atoms with Crippen LogP contribution in [-0.2, 0) is 6.54 Å². The van der Waals surface area contributed by atoms with Gasteiger partial charge in [0.2, 0.25) is 0 Å². The molecule has 6 heteroatoms. The van der Waals surface area contributed by atoms with Crippen molar-refractivity contribution in [1.29, 1.82) is 0 Å². The number of pyridine rings is 1. The molecule has 0 unspecified atom stereocenters. The number of nitrogens with one attached hydrogen (secondary N) is 1. The van der Waals surface area contributed by atoms with Crippen molar-refractivity contribution >= 4 is 51.1 Å². The van der Waals surface area contributed by atoms with Crippen molar-refractivity contribution in [2.75, 3.05) is 6.26 Å². The molecule has 2 heterocycles. The van der Waals surface area contributed by atoms with E-state index in [0.29, 0.717) is 4.75 Å². The van der Waals surface area contributed by atoms with Gasteiger partial charge in [0, 0.05) is 22.0 Å². The summed E-state index contributed by atoms with van der Waals surface area (Å²) in [6, 6.07) is 2.02. The van der Waals surface area contributed by atoms with E-state index in [1.165, 1.54) is 12.8 Å². The molecule has 0 aliphatic heterocycles. The Morgan fingerprint density at radius 3 is 3.06 bits per heavy atom. The van der Waals surface area contributed by atoms with Crippen molar-refractivity contribution in [2.24, 2.45) is 0 Å². The first-order valence-corrected chi connectivity index (χ1v) is 7.85. The minimum absolute atomic E-state index is 0.391. The average molecular weight is 330 g/mol. The quantitative estimate of drug-likeness (QED) is 0.870. The molecule has 3 nitrogen and oxygen atoms in total. The Hall–Kier alpha value is -0.330. The van der Waals surface area contributed by atoms with Gasteiger partial charge in [-0.25, -0.2) is 4.98 Å². The van der Waals surface area contributed by atoms with Crippen LogP contribution in [0, 0.1) is 4.77 Å². The molecule has 0 amide bonds. The van der Waals surface area contributed by atoms with Crippen molar-refractivity contribution in [3.63, 3.8) is 0 Å². The Labute approximate surface area is 117 Å². The Morgan fingerprint density at radius 1 is 1.65 bits per heavy atom. The lowest BCUT2D eigenvalue weighted by Crippen LogP contribution is -2.14. The highest BCUT2D eigenvalue weighted by molar-refractivity contribution is 9.10. The number of imidazole rings is 1. The molecule has 1 N–H and O–H groups in total. The Bertz CT molecular complexity index is 627. The predicted octanol–water partition coefficient (Wildman–Crippen LogP) is 3.75. The van der Waals surface area contributed by atoms with Crippen molar-refractivity contribution in [3.05, 3.63) is 21.5 Å². The molecule has 3 rings (SSSR count). The second kappa shape index (κ2) is 4.10. The molecule has 90 valence electrons. The van der Waals surface area contributed by atoms with Gasteiger partial charge in [-0.15, -0.1) is 0 Å². The molecule has 17 heavy (non-hydrogen) atoms. The van der Waals surface area contributed by atoms with E-state index < -0.39 is 0 Å². The maximum absolute atomic E-state index is 5.38. The number of aromatic nitrogens is 3. The van der Waals surface area contributed by atoms with Crippen LogP contribution in [0.5, 0.6) is 0 Å². The highest BCUT2D eigenvalue weighted by Crippen LogP contribution is 2.48. The first-order valence-electron chi connectivity index (χ1n) is 5.43. The number of hydrogen-bond donors (Lipinski definition) is 1. The lowest BCUT2D eigenvalue weighted by Gasteiger charge is -2.12. The van der Waals surface area contributed by atoms with Crippen molar-refractivity contribution in [2.45, 2.75) is 24.1 Å². The van der Waals surface area contributed by atoms with Gasteiger partial charge in [-0.3, -0.25) is 0 Å². The van der Waals surface area contributed by atoms with Gasteiger partial charge >= 0.3 is 0 Å². The molecular weight excluding hydrogens is 318 g/mol. The van der Waals surface area contributed by atoms with E-state index in [4.69, 9.17) is 12.2 Å². The fourth-order valence-electron chi connectivity index (χ4n) is 2.02. The fourth-order valence-corrected chi connectivity index (χ4v) is 3.38. The van der Waals surface area contributed by atoms with Crippen LogP contribution in [0.4, 0.5) is 0 Å². The van der Waals surface area contributed by atoms with Gasteiger partial charge < -0.3 is 9.55 Å². The average Bonchev–Trinajstić information content (AvgIpc) is 3.01. The van der Waals surface area contributed by atoms with Gasteiger partial charge in [0.05, 0.1) is 5.52 Å². The molecule has 1 aliphatic carbocycles. The number of hydrogen-bond acceptors (Lipinski definition) is 3. The lowest BCUT2D eigenvalue weighted by atomic mass is 10.4. The summed E-state index contributed by atoms with van der Waals surface area (Å²) < 4.78 is 4.26. The highest BCUT2D eigenvalue weighted by atomic mass is 79.9. The Morgan fingerprint density at radius 2 is 2.41 bits per heavy atom. The van der Waals surface area contributed by atoms with E-state index in [2.05, 4.69) is 36.7 Å². The van der Waals surface area contributed by atoms with Gasteiger partial charge in [0.25, 0.3) is 0 Å². The van der Waals surface area contributed by atoms with Crippen LogP contribution in [0.15, 0.2) is 16.7 Å². The van der Waals surface area contributed by atoms with E-state index in [1.54, 1.807) is 0 Å². The maximum Gasteiger partial charge on any atom is 0.179 e. The molecule has 0 saturated heterocycles. The molecule has 0 spiro atoms. The molecule has 2 aromatic rings. The standard InChI is InChI=1S/C11H12BrN3S2/c1-17-11(2-3-11)6-15-9-8(14-10(15)16)4-7(12)5-13-9/h4-5H,2-3,6H2,1H3,(H,14,16). The van der Waals surface area contributed by atoms with Gasteiger partial charge in [0.1, 0.15) is 0 Å². The summed E-state index contributed by atoms with van der Waals surface area (Å²) in [6.07, 6.45) is 6.55. The molecule has 0 radical (unpaired) electrons. The van der Waals surface area contributed by atoms with E-state index >= 15 is 0 Å². The number of rotatable bonds is 3. The minimum atomic E-state index is 0.391. The third-order valence-electron chi connectivity index (χ3n) is 3.26. The van der Waals surface area contributed by atoms with Crippen LogP contribution in [0.3, 0.4) is 0 Å². The third-order valence-corrected chi connectivity index (χ3v) is 5.42. The second-order valence-corrected chi connectivity index (χ2v) is 7.00. The number of aromatic amines is 1. The number of H-pyrrole nitrogens is 1. The van der Waals surface area contributed by atoms with Crippen LogP contribution in [0.1, 0.15) is 12.8 Å². The molecular formula is C11H12BrN3S2. The number of halogens is 1. The summed E-state index contributed by atoms with van der Waals surface area (Å²) in [5.74, 6) is 0. The van der Waals surface area contributed by atoms with Gasteiger partial charge in [-0.1, -0.05) is 0 Å². The van der Waals surface area contributed by atoms with E-state index in [1.807, 2.05) is 24.0 Å². The van der Waals surface area contributed by atoms with E-state index in [0.717, 1.165) is 27.0 Å². The van der Waals surface area contributed by atoms with Gasteiger partial charge in [-0.05, 0) is 53.3 Å². The zero-order chi connectivity index (χ0) is 12.0. The summed E-state index contributed by atoms with van der Waals surface area (Å²) in [7, 11) is 0. The molecule has 1 aliphatic rings. The SMILES string of the molecule is CSC1(Cn2c(=S)[nH]c3cc(Br)cnc32)CC1. The van der Waals surface area contributed by atoms with Crippen molar-refractivity contribution in [3.8, 4) is 0 Å². The second-order valence-electron chi connectivity index (χ2n) is 4.43. The molecule has 2 aromatic heterocycles. The predicted molar refractivity (Wildman–Crippen MR) is 78.1 cm³/mol. The Balaban J connectivity index is 2.09. The first-order chi connectivity index (χ1) is 8.13. The normalized spacial score (nSPS) is 17.5. The molecule has 1 saturated carbocycles. The van der Waals surface area contributed by atoms with Crippen LogP contribution in [0.25, 0.3) is 11.2 Å². The molecule has 0 aromatic carbocycles. The summed E-state index contributed by atoms with van der Waals surface area (Å²) in [6.45, 7) is 0.960. The van der Waals surface area contributed by atoms with Gasteiger partial charge in [0.15, 0.2) is 10.4 Å². The monoisotopic (exact) mass is 329 g/mol. The van der Waals surface area contributed by atoms with E-state index in [9.17, 15) is 0 Å². The fraction of sp³-hybridized carbons (Fsp3) is 0.455. The number of thioether (sulfide) groups is 1. The van der Waals surface area contributed by atoms with Crippen molar-refractivity contribution < 1.29 is 0 Å². The van der Waals surface area contributed by atoms with Crippen LogP contribution in [-0.4, -0.2) is 25.5 Å². The largest absolute Gasteiger partial charge is 0.329 e. The van der Waals surface area contributed by atoms with Crippen LogP contribution < -0.4 is 0 Å². The van der Waals surface area contributed by atoms with Crippen LogP contribution >= 0.6 is 39.9 Å². The van der Waals surface area contributed by atoms with Crippen LogP contribution in [0.2, 0.25) is 0 Å². The van der Waals surface area contributed by atoms with Crippen molar-refractivity contribution in [1.82, 2.24) is 14.5 Å². The van der Waals surface area contributed by atoms with Gasteiger partial charge in [-0.2, -0.15) is 11.8 Å². The lowest BCUT2D eigenvalue weighted by molar-refractivity contribution is 0.665. The molecule has 0 bridgehead atoms. The summed E-state index contributed by atoms with van der Waals surface area (Å²) in [4.78, 5) is 7.68. The zero-order valence-corrected chi connectivity index (χ0v) is 12.6. The molecule has 1 fully saturated rings. The minimum Gasteiger partial charge on any atom is -0.329 e.